The fourth-order valence-corrected chi connectivity index (χ4v) is 3.09. The lowest BCUT2D eigenvalue weighted by Gasteiger charge is -2.13. The second kappa shape index (κ2) is 7.65. The van der Waals surface area contributed by atoms with E-state index in [0.717, 1.165) is 35.9 Å². The molecule has 0 fully saturated rings. The van der Waals surface area contributed by atoms with Crippen molar-refractivity contribution in [2.75, 3.05) is 6.61 Å². The molecule has 0 aliphatic rings. The van der Waals surface area contributed by atoms with Gasteiger partial charge < -0.3 is 4.74 Å². The van der Waals surface area contributed by atoms with Crippen molar-refractivity contribution in [2.24, 2.45) is 0 Å². The number of ether oxygens (including phenoxy) is 1. The summed E-state index contributed by atoms with van der Waals surface area (Å²) in [5.41, 5.74) is 2.24. The van der Waals surface area contributed by atoms with E-state index >= 15 is 0 Å². The standard InChI is InChI=1S/C16H20ClNOS/c1-12(2)14-6-3-4-7-15(14)19-9-5-8-16-18-13(10-17)11-20-16/h3-4,6-7,11-12H,5,8-10H2,1-2H3. The third-order valence-corrected chi connectivity index (χ3v) is 4.30. The molecule has 0 aliphatic heterocycles. The van der Waals surface area contributed by atoms with Crippen molar-refractivity contribution < 1.29 is 4.74 Å². The maximum Gasteiger partial charge on any atom is 0.122 e. The van der Waals surface area contributed by atoms with Gasteiger partial charge in [-0.05, 0) is 24.0 Å². The number of thiazole rings is 1. The van der Waals surface area contributed by atoms with Crippen molar-refractivity contribution in [3.8, 4) is 5.75 Å². The molecular weight excluding hydrogens is 290 g/mol. The summed E-state index contributed by atoms with van der Waals surface area (Å²) in [5, 5.41) is 3.17. The monoisotopic (exact) mass is 309 g/mol. The number of aromatic nitrogens is 1. The first-order valence-corrected chi connectivity index (χ1v) is 8.33. The molecule has 4 heteroatoms. The highest BCUT2D eigenvalue weighted by atomic mass is 35.5. The van der Waals surface area contributed by atoms with E-state index in [4.69, 9.17) is 16.3 Å². The SMILES string of the molecule is CC(C)c1ccccc1OCCCc1nc(CCl)cs1. The maximum atomic E-state index is 5.90. The van der Waals surface area contributed by atoms with Crippen molar-refractivity contribution in [1.29, 1.82) is 0 Å². The Morgan fingerprint density at radius 2 is 2.10 bits per heavy atom. The third kappa shape index (κ3) is 4.22. The van der Waals surface area contributed by atoms with Crippen molar-refractivity contribution in [3.63, 3.8) is 0 Å². The number of halogens is 1. The van der Waals surface area contributed by atoms with Crippen LogP contribution in [0.2, 0.25) is 0 Å². The van der Waals surface area contributed by atoms with Crippen molar-refractivity contribution in [2.45, 2.75) is 38.5 Å². The number of nitrogens with zero attached hydrogens (tertiary/aromatic N) is 1. The van der Waals surface area contributed by atoms with Gasteiger partial charge in [0.1, 0.15) is 5.75 Å². The van der Waals surface area contributed by atoms with Crippen LogP contribution in [0.15, 0.2) is 29.6 Å². The molecule has 2 nitrogen and oxygen atoms in total. The largest absolute Gasteiger partial charge is 0.493 e. The van der Waals surface area contributed by atoms with Crippen LogP contribution < -0.4 is 4.74 Å². The quantitative estimate of drug-likeness (QED) is 0.529. The Morgan fingerprint density at radius 1 is 1.30 bits per heavy atom. The number of aryl methyl sites for hydroxylation is 1. The molecule has 0 N–H and O–H groups in total. The Balaban J connectivity index is 1.81. The molecule has 0 spiro atoms. The minimum atomic E-state index is 0.483. The lowest BCUT2D eigenvalue weighted by atomic mass is 10.0. The van der Waals surface area contributed by atoms with E-state index in [1.807, 2.05) is 17.5 Å². The van der Waals surface area contributed by atoms with Gasteiger partial charge in [-0.15, -0.1) is 22.9 Å². The molecule has 0 saturated heterocycles. The van der Waals surface area contributed by atoms with Crippen LogP contribution >= 0.6 is 22.9 Å². The highest BCUT2D eigenvalue weighted by Gasteiger charge is 2.07. The van der Waals surface area contributed by atoms with Gasteiger partial charge in [-0.3, -0.25) is 0 Å². The number of para-hydroxylation sites is 1. The van der Waals surface area contributed by atoms with Gasteiger partial charge in [-0.2, -0.15) is 0 Å². The van der Waals surface area contributed by atoms with E-state index < -0.39 is 0 Å². The van der Waals surface area contributed by atoms with Gasteiger partial charge in [-0.25, -0.2) is 4.98 Å². The van der Waals surface area contributed by atoms with Crippen LogP contribution in [0.5, 0.6) is 5.75 Å². The molecule has 0 radical (unpaired) electrons. The minimum Gasteiger partial charge on any atom is -0.493 e. The molecule has 1 heterocycles. The zero-order valence-corrected chi connectivity index (χ0v) is 13.5. The van der Waals surface area contributed by atoms with Crippen LogP contribution in [-0.2, 0) is 12.3 Å². The van der Waals surface area contributed by atoms with Crippen LogP contribution in [0.25, 0.3) is 0 Å². The Morgan fingerprint density at radius 3 is 2.80 bits per heavy atom. The molecule has 108 valence electrons. The van der Waals surface area contributed by atoms with Crippen molar-refractivity contribution in [3.05, 3.63) is 45.9 Å². The number of alkyl halides is 1. The van der Waals surface area contributed by atoms with Gasteiger partial charge in [-0.1, -0.05) is 32.0 Å². The summed E-state index contributed by atoms with van der Waals surface area (Å²) in [5.74, 6) is 1.98. The summed E-state index contributed by atoms with van der Waals surface area (Å²) in [7, 11) is 0. The van der Waals surface area contributed by atoms with Gasteiger partial charge in [0, 0.05) is 11.8 Å². The van der Waals surface area contributed by atoms with Crippen LogP contribution in [0.1, 0.15) is 42.5 Å². The summed E-state index contributed by atoms with van der Waals surface area (Å²) in [6, 6.07) is 8.26. The summed E-state index contributed by atoms with van der Waals surface area (Å²) in [6.07, 6.45) is 1.92. The molecule has 0 amide bonds. The van der Waals surface area contributed by atoms with Crippen LogP contribution in [-0.4, -0.2) is 11.6 Å². The molecule has 1 aromatic carbocycles. The first-order chi connectivity index (χ1) is 9.70. The molecule has 2 rings (SSSR count). The number of benzene rings is 1. The second-order valence-corrected chi connectivity index (χ2v) is 6.22. The molecule has 1 aromatic heterocycles. The van der Waals surface area contributed by atoms with Crippen LogP contribution in [0, 0.1) is 0 Å². The molecule has 2 aromatic rings. The average molecular weight is 310 g/mol. The number of rotatable bonds is 7. The van der Waals surface area contributed by atoms with Crippen molar-refractivity contribution >= 4 is 22.9 Å². The van der Waals surface area contributed by atoms with Crippen molar-refractivity contribution in [1.82, 2.24) is 4.98 Å². The normalized spacial score (nSPS) is 11.0. The zero-order chi connectivity index (χ0) is 14.4. The Hall–Kier alpha value is -1.06. The zero-order valence-electron chi connectivity index (χ0n) is 11.9. The minimum absolute atomic E-state index is 0.483. The molecule has 20 heavy (non-hydrogen) atoms. The van der Waals surface area contributed by atoms with E-state index in [1.165, 1.54) is 5.56 Å². The molecular formula is C16H20ClNOS. The first kappa shape index (κ1) is 15.3. The summed E-state index contributed by atoms with van der Waals surface area (Å²) in [6.45, 7) is 5.09. The fraction of sp³-hybridized carbons (Fsp3) is 0.438. The van der Waals surface area contributed by atoms with Gasteiger partial charge in [0.05, 0.1) is 23.2 Å². The first-order valence-electron chi connectivity index (χ1n) is 6.91. The summed E-state index contributed by atoms with van der Waals surface area (Å²) >= 11 is 7.43. The Kier molecular flexibility index (Phi) is 5.86. The average Bonchev–Trinajstić information content (AvgIpc) is 2.92. The topological polar surface area (TPSA) is 22.1 Å². The van der Waals surface area contributed by atoms with Gasteiger partial charge in [0.25, 0.3) is 0 Å². The molecule has 0 aliphatic carbocycles. The maximum absolute atomic E-state index is 5.90. The molecule has 0 bridgehead atoms. The van der Waals surface area contributed by atoms with Gasteiger partial charge in [0.15, 0.2) is 0 Å². The lowest BCUT2D eigenvalue weighted by molar-refractivity contribution is 0.306. The third-order valence-electron chi connectivity index (χ3n) is 3.07. The Labute approximate surface area is 129 Å². The second-order valence-electron chi connectivity index (χ2n) is 5.01. The molecule has 0 saturated carbocycles. The van der Waals surface area contributed by atoms with E-state index in [-0.39, 0.29) is 0 Å². The number of hydrogen-bond acceptors (Lipinski definition) is 3. The lowest BCUT2D eigenvalue weighted by Crippen LogP contribution is -2.02. The number of hydrogen-bond donors (Lipinski definition) is 0. The highest BCUT2D eigenvalue weighted by Crippen LogP contribution is 2.26. The van der Waals surface area contributed by atoms with E-state index in [2.05, 4.69) is 31.0 Å². The molecule has 0 unspecified atom stereocenters. The fourth-order valence-electron chi connectivity index (χ4n) is 2.02. The van der Waals surface area contributed by atoms with Crippen LogP contribution in [0.4, 0.5) is 0 Å². The predicted octanol–water partition coefficient (Wildman–Crippen LogP) is 5.02. The predicted molar refractivity (Wildman–Crippen MR) is 86.0 cm³/mol. The van der Waals surface area contributed by atoms with E-state index in [9.17, 15) is 0 Å². The Bertz CT molecular complexity index is 539. The molecule has 0 atom stereocenters. The summed E-state index contributed by atoms with van der Waals surface area (Å²) in [4.78, 5) is 4.45. The summed E-state index contributed by atoms with van der Waals surface area (Å²) < 4.78 is 5.90. The highest BCUT2D eigenvalue weighted by molar-refractivity contribution is 7.09. The van der Waals surface area contributed by atoms with Gasteiger partial charge >= 0.3 is 0 Å². The van der Waals surface area contributed by atoms with E-state index in [0.29, 0.717) is 11.8 Å². The van der Waals surface area contributed by atoms with E-state index in [1.54, 1.807) is 11.3 Å². The van der Waals surface area contributed by atoms with Gasteiger partial charge in [0.2, 0.25) is 0 Å². The smallest absolute Gasteiger partial charge is 0.122 e. The van der Waals surface area contributed by atoms with Crippen LogP contribution in [0.3, 0.4) is 0 Å².